The van der Waals surface area contributed by atoms with Gasteiger partial charge in [0.2, 0.25) is 0 Å². The lowest BCUT2D eigenvalue weighted by Gasteiger charge is -2.34. The first-order valence-corrected chi connectivity index (χ1v) is 9.65. The van der Waals surface area contributed by atoms with Crippen molar-refractivity contribution in [1.82, 2.24) is 19.8 Å². The molecule has 0 amide bonds. The van der Waals surface area contributed by atoms with Crippen LogP contribution in [0.25, 0.3) is 10.9 Å². The number of nitrogens with one attached hydrogen (secondary N) is 1. The molecule has 0 aliphatic carbocycles. The number of aryl methyl sites for hydroxylation is 1. The normalized spacial score (nSPS) is 16.0. The van der Waals surface area contributed by atoms with Crippen molar-refractivity contribution in [3.05, 3.63) is 75.8 Å². The van der Waals surface area contributed by atoms with Crippen LogP contribution in [-0.2, 0) is 13.0 Å². The maximum absolute atomic E-state index is 12.2. The highest BCUT2D eigenvalue weighted by Gasteiger charge is 2.17. The van der Waals surface area contributed by atoms with Gasteiger partial charge in [-0.2, -0.15) is 0 Å². The van der Waals surface area contributed by atoms with Gasteiger partial charge in [0.15, 0.2) is 0 Å². The Morgan fingerprint density at radius 1 is 1.00 bits per heavy atom. The van der Waals surface area contributed by atoms with Crippen LogP contribution in [0.3, 0.4) is 0 Å². The number of rotatable bonds is 5. The van der Waals surface area contributed by atoms with E-state index >= 15 is 0 Å². The molecular weight excluding hydrogens is 336 g/mol. The second kappa shape index (κ2) is 8.03. The molecule has 3 aromatic rings. The van der Waals surface area contributed by atoms with Crippen LogP contribution in [-0.4, -0.2) is 52.5 Å². The van der Waals surface area contributed by atoms with E-state index in [0.717, 1.165) is 57.0 Å². The minimum Gasteiger partial charge on any atom is -0.310 e. The van der Waals surface area contributed by atoms with Crippen LogP contribution in [0.15, 0.2) is 53.3 Å². The molecule has 1 fully saturated rings. The van der Waals surface area contributed by atoms with Crippen molar-refractivity contribution in [3.63, 3.8) is 0 Å². The summed E-state index contributed by atoms with van der Waals surface area (Å²) in [6, 6.07) is 16.3. The Balaban J connectivity index is 1.30. The topological polar surface area (TPSA) is 52.2 Å². The zero-order valence-corrected chi connectivity index (χ0v) is 15.8. The third kappa shape index (κ3) is 4.43. The van der Waals surface area contributed by atoms with E-state index in [1.807, 2.05) is 24.3 Å². The first-order chi connectivity index (χ1) is 13.2. The quantitative estimate of drug-likeness (QED) is 0.758. The average molecular weight is 362 g/mol. The number of fused-ring (bicyclic) bond motifs is 1. The Morgan fingerprint density at radius 3 is 2.59 bits per heavy atom. The van der Waals surface area contributed by atoms with Gasteiger partial charge in [-0.1, -0.05) is 42.0 Å². The predicted molar refractivity (Wildman–Crippen MR) is 109 cm³/mol. The number of H-pyrrole nitrogens is 1. The molecule has 5 nitrogen and oxygen atoms in total. The highest BCUT2D eigenvalue weighted by Crippen LogP contribution is 2.11. The monoisotopic (exact) mass is 362 g/mol. The number of piperazine rings is 1. The number of nitrogens with zero attached hydrogens (tertiary/aromatic N) is 3. The molecule has 2 heterocycles. The van der Waals surface area contributed by atoms with Crippen molar-refractivity contribution in [2.24, 2.45) is 0 Å². The molecule has 4 rings (SSSR count). The predicted octanol–water partition coefficient (Wildman–Crippen LogP) is 2.59. The van der Waals surface area contributed by atoms with E-state index in [4.69, 9.17) is 0 Å². The molecular formula is C22H26N4O. The third-order valence-electron chi connectivity index (χ3n) is 5.28. The summed E-state index contributed by atoms with van der Waals surface area (Å²) >= 11 is 0. The van der Waals surface area contributed by atoms with Crippen molar-refractivity contribution in [2.75, 3.05) is 32.7 Å². The van der Waals surface area contributed by atoms with Crippen LogP contribution in [0, 0.1) is 6.92 Å². The number of hydrogen-bond acceptors (Lipinski definition) is 4. The van der Waals surface area contributed by atoms with Crippen LogP contribution in [0.5, 0.6) is 0 Å². The van der Waals surface area contributed by atoms with E-state index in [2.05, 4.69) is 51.0 Å². The second-order valence-corrected chi connectivity index (χ2v) is 7.39. The third-order valence-corrected chi connectivity index (χ3v) is 5.28. The lowest BCUT2D eigenvalue weighted by atomic mass is 10.1. The molecule has 1 aromatic heterocycles. The molecule has 1 N–H and O–H groups in total. The van der Waals surface area contributed by atoms with E-state index in [1.54, 1.807) is 0 Å². The largest absolute Gasteiger partial charge is 0.310 e. The molecule has 0 radical (unpaired) electrons. The molecule has 5 heteroatoms. The zero-order valence-electron chi connectivity index (χ0n) is 15.8. The van der Waals surface area contributed by atoms with Gasteiger partial charge in [-0.3, -0.25) is 9.69 Å². The van der Waals surface area contributed by atoms with Gasteiger partial charge in [-0.05, 0) is 24.6 Å². The van der Waals surface area contributed by atoms with Gasteiger partial charge in [0.05, 0.1) is 10.9 Å². The Labute approximate surface area is 159 Å². The molecule has 1 aliphatic heterocycles. The summed E-state index contributed by atoms with van der Waals surface area (Å²) in [7, 11) is 0. The Hall–Kier alpha value is -2.50. The van der Waals surface area contributed by atoms with Gasteiger partial charge >= 0.3 is 0 Å². The van der Waals surface area contributed by atoms with Crippen molar-refractivity contribution in [2.45, 2.75) is 19.9 Å². The average Bonchev–Trinajstić information content (AvgIpc) is 2.68. The Bertz CT molecular complexity index is 973. The van der Waals surface area contributed by atoms with E-state index in [9.17, 15) is 4.79 Å². The molecule has 140 valence electrons. The molecule has 0 spiro atoms. The van der Waals surface area contributed by atoms with Crippen molar-refractivity contribution >= 4 is 10.9 Å². The number of aromatic amines is 1. The van der Waals surface area contributed by atoms with E-state index in [-0.39, 0.29) is 5.56 Å². The van der Waals surface area contributed by atoms with Gasteiger partial charge in [-0.25, -0.2) is 4.98 Å². The lowest BCUT2D eigenvalue weighted by molar-refractivity contribution is 0.128. The minimum absolute atomic E-state index is 0.0430. The molecule has 1 saturated heterocycles. The summed E-state index contributed by atoms with van der Waals surface area (Å²) in [5, 5.41) is 0.658. The number of aromatic nitrogens is 2. The fourth-order valence-corrected chi connectivity index (χ4v) is 3.76. The van der Waals surface area contributed by atoms with Gasteiger partial charge in [0.25, 0.3) is 5.56 Å². The summed E-state index contributed by atoms with van der Waals surface area (Å²) in [5.41, 5.74) is 3.45. The van der Waals surface area contributed by atoms with Crippen molar-refractivity contribution < 1.29 is 0 Å². The van der Waals surface area contributed by atoms with Gasteiger partial charge < -0.3 is 9.88 Å². The summed E-state index contributed by atoms with van der Waals surface area (Å²) in [6.07, 6.45) is 0.776. The summed E-state index contributed by atoms with van der Waals surface area (Å²) in [6.45, 7) is 8.37. The highest BCUT2D eigenvalue weighted by atomic mass is 16.1. The Kier molecular flexibility index (Phi) is 5.32. The summed E-state index contributed by atoms with van der Waals surface area (Å²) in [5.74, 6) is 0.779. The first-order valence-electron chi connectivity index (χ1n) is 9.65. The van der Waals surface area contributed by atoms with Crippen LogP contribution in [0.4, 0.5) is 0 Å². The molecule has 0 unspecified atom stereocenters. The van der Waals surface area contributed by atoms with Gasteiger partial charge in [0.1, 0.15) is 5.82 Å². The molecule has 0 bridgehead atoms. The van der Waals surface area contributed by atoms with Crippen LogP contribution in [0.2, 0.25) is 0 Å². The minimum atomic E-state index is -0.0430. The van der Waals surface area contributed by atoms with Crippen LogP contribution >= 0.6 is 0 Å². The SMILES string of the molecule is Cc1cccc(CN2CCN(CCc3nc4ccccc4c(=O)[nH]3)CC2)c1. The molecule has 0 atom stereocenters. The van der Waals surface area contributed by atoms with Gasteiger partial charge in [0, 0.05) is 45.7 Å². The molecule has 27 heavy (non-hydrogen) atoms. The van der Waals surface area contributed by atoms with E-state index in [1.165, 1.54) is 11.1 Å². The zero-order chi connectivity index (χ0) is 18.6. The molecule has 0 saturated carbocycles. The molecule has 2 aromatic carbocycles. The van der Waals surface area contributed by atoms with E-state index in [0.29, 0.717) is 5.39 Å². The van der Waals surface area contributed by atoms with Crippen molar-refractivity contribution in [3.8, 4) is 0 Å². The fraction of sp³-hybridized carbons (Fsp3) is 0.364. The van der Waals surface area contributed by atoms with Gasteiger partial charge in [-0.15, -0.1) is 0 Å². The van der Waals surface area contributed by atoms with Crippen LogP contribution < -0.4 is 5.56 Å². The van der Waals surface area contributed by atoms with Crippen molar-refractivity contribution in [1.29, 1.82) is 0 Å². The van der Waals surface area contributed by atoms with E-state index < -0.39 is 0 Å². The lowest BCUT2D eigenvalue weighted by Crippen LogP contribution is -2.46. The maximum Gasteiger partial charge on any atom is 0.258 e. The number of benzene rings is 2. The summed E-state index contributed by atoms with van der Waals surface area (Å²) in [4.78, 5) is 24.7. The molecule has 1 aliphatic rings. The highest BCUT2D eigenvalue weighted by molar-refractivity contribution is 5.77. The number of hydrogen-bond donors (Lipinski definition) is 1. The second-order valence-electron chi connectivity index (χ2n) is 7.39. The maximum atomic E-state index is 12.2. The first kappa shape index (κ1) is 17.9. The van der Waals surface area contributed by atoms with Crippen LogP contribution in [0.1, 0.15) is 17.0 Å². The fourth-order valence-electron chi connectivity index (χ4n) is 3.76. The Morgan fingerprint density at radius 2 is 1.78 bits per heavy atom. The standard InChI is InChI=1S/C22H26N4O/c1-17-5-4-6-18(15-17)16-26-13-11-25(12-14-26)10-9-21-23-20-8-3-2-7-19(20)22(27)24-21/h2-8,15H,9-14,16H2,1H3,(H,23,24,27). The number of para-hydroxylation sites is 1. The smallest absolute Gasteiger partial charge is 0.258 e. The summed E-state index contributed by atoms with van der Waals surface area (Å²) < 4.78 is 0.